The summed E-state index contributed by atoms with van der Waals surface area (Å²) in [5.41, 5.74) is 0.662. The van der Waals surface area contributed by atoms with E-state index in [4.69, 9.17) is 9.47 Å². The third-order valence-corrected chi connectivity index (χ3v) is 4.97. The summed E-state index contributed by atoms with van der Waals surface area (Å²) in [6, 6.07) is 7.30. The Morgan fingerprint density at radius 2 is 1.79 bits per heavy atom. The van der Waals surface area contributed by atoms with Crippen molar-refractivity contribution >= 4 is 5.91 Å². The van der Waals surface area contributed by atoms with Crippen molar-refractivity contribution in [1.82, 2.24) is 9.80 Å². The van der Waals surface area contributed by atoms with Crippen LogP contribution in [0.25, 0.3) is 0 Å². The fourth-order valence-electron chi connectivity index (χ4n) is 3.53. The Hall–Kier alpha value is -1.63. The Morgan fingerprint density at radius 1 is 1.12 bits per heavy atom. The molecule has 2 atom stereocenters. The molecule has 2 fully saturated rings. The second kappa shape index (κ2) is 7.96. The van der Waals surface area contributed by atoms with E-state index in [0.29, 0.717) is 25.1 Å². The van der Waals surface area contributed by atoms with Crippen molar-refractivity contribution in [2.75, 3.05) is 46.5 Å². The molecule has 1 amide bonds. The number of carbonyl (C=O) groups is 1. The molecule has 2 aliphatic heterocycles. The molecule has 3 rings (SSSR count). The van der Waals surface area contributed by atoms with E-state index in [-0.39, 0.29) is 11.9 Å². The summed E-state index contributed by atoms with van der Waals surface area (Å²) in [5, 5.41) is 10.5. The first-order valence-electron chi connectivity index (χ1n) is 8.62. The molecule has 132 valence electrons. The number of morpholine rings is 1. The molecule has 24 heavy (non-hydrogen) atoms. The molecular formula is C18H26N2O4. The minimum absolute atomic E-state index is 0.0208. The van der Waals surface area contributed by atoms with Crippen molar-refractivity contribution in [2.45, 2.75) is 25.0 Å². The number of benzene rings is 1. The third-order valence-electron chi connectivity index (χ3n) is 4.97. The quantitative estimate of drug-likeness (QED) is 0.893. The van der Waals surface area contributed by atoms with Gasteiger partial charge in [0.1, 0.15) is 5.75 Å². The van der Waals surface area contributed by atoms with Gasteiger partial charge in [-0.3, -0.25) is 9.69 Å². The topological polar surface area (TPSA) is 62.2 Å². The lowest BCUT2D eigenvalue weighted by molar-refractivity contribution is -0.0222. The fraction of sp³-hybridized carbons (Fsp3) is 0.611. The van der Waals surface area contributed by atoms with Crippen LogP contribution in [0.3, 0.4) is 0 Å². The van der Waals surface area contributed by atoms with Crippen LogP contribution in [0, 0.1) is 0 Å². The number of ether oxygens (including phenoxy) is 2. The van der Waals surface area contributed by atoms with Crippen LogP contribution in [0.4, 0.5) is 0 Å². The summed E-state index contributed by atoms with van der Waals surface area (Å²) < 4.78 is 10.5. The predicted molar refractivity (Wildman–Crippen MR) is 90.3 cm³/mol. The number of carbonyl (C=O) groups excluding carboxylic acids is 1. The molecule has 0 saturated carbocycles. The lowest BCUT2D eigenvalue weighted by Crippen LogP contribution is -2.49. The number of aliphatic hydroxyl groups is 1. The summed E-state index contributed by atoms with van der Waals surface area (Å²) in [4.78, 5) is 16.9. The summed E-state index contributed by atoms with van der Waals surface area (Å²) >= 11 is 0. The first-order valence-corrected chi connectivity index (χ1v) is 8.62. The highest BCUT2D eigenvalue weighted by molar-refractivity contribution is 5.94. The molecule has 0 aromatic heterocycles. The first kappa shape index (κ1) is 17.2. The van der Waals surface area contributed by atoms with Gasteiger partial charge in [0.05, 0.1) is 26.4 Å². The minimum Gasteiger partial charge on any atom is -0.497 e. The Bertz CT molecular complexity index is 542. The van der Waals surface area contributed by atoms with E-state index in [0.717, 1.165) is 38.5 Å². The van der Waals surface area contributed by atoms with Crippen LogP contribution in [0.1, 0.15) is 23.2 Å². The Kier molecular flexibility index (Phi) is 5.71. The maximum atomic E-state index is 12.7. The van der Waals surface area contributed by atoms with Crippen molar-refractivity contribution in [2.24, 2.45) is 0 Å². The Morgan fingerprint density at radius 3 is 2.46 bits per heavy atom. The van der Waals surface area contributed by atoms with Gasteiger partial charge < -0.3 is 19.5 Å². The number of aliphatic hydroxyl groups excluding tert-OH is 1. The van der Waals surface area contributed by atoms with E-state index >= 15 is 0 Å². The molecule has 1 aromatic rings. The standard InChI is InChI=1S/C18H26N2O4/c1-23-15-4-2-14(3-5-15)18(22)20-8-6-16(17(21)7-9-20)19-10-12-24-13-11-19/h2-5,16-17,21H,6-13H2,1H3/t16-,17-/m0/s1. The van der Waals surface area contributed by atoms with Crippen molar-refractivity contribution < 1.29 is 19.4 Å². The molecule has 0 unspecified atom stereocenters. The normalized spacial score (nSPS) is 26.0. The zero-order chi connectivity index (χ0) is 16.9. The maximum absolute atomic E-state index is 12.7. The lowest BCUT2D eigenvalue weighted by Gasteiger charge is -2.36. The predicted octanol–water partition coefficient (Wildman–Crippen LogP) is 0.993. The maximum Gasteiger partial charge on any atom is 0.253 e. The van der Waals surface area contributed by atoms with Gasteiger partial charge in [-0.05, 0) is 37.1 Å². The van der Waals surface area contributed by atoms with Gasteiger partial charge >= 0.3 is 0 Å². The van der Waals surface area contributed by atoms with Gasteiger partial charge in [0.2, 0.25) is 0 Å². The number of hydrogen-bond acceptors (Lipinski definition) is 5. The van der Waals surface area contributed by atoms with Gasteiger partial charge in [0.15, 0.2) is 0 Å². The van der Waals surface area contributed by atoms with E-state index < -0.39 is 6.10 Å². The van der Waals surface area contributed by atoms with Gasteiger partial charge in [0, 0.05) is 37.8 Å². The third kappa shape index (κ3) is 3.88. The zero-order valence-corrected chi connectivity index (χ0v) is 14.2. The average Bonchev–Trinajstić information content (AvgIpc) is 2.84. The first-order chi connectivity index (χ1) is 11.7. The number of rotatable bonds is 3. The number of nitrogens with zero attached hydrogens (tertiary/aromatic N) is 2. The van der Waals surface area contributed by atoms with Crippen molar-refractivity contribution in [1.29, 1.82) is 0 Å². The van der Waals surface area contributed by atoms with E-state index in [9.17, 15) is 9.90 Å². The average molecular weight is 334 g/mol. The van der Waals surface area contributed by atoms with E-state index in [1.165, 1.54) is 0 Å². The second-order valence-corrected chi connectivity index (χ2v) is 6.38. The number of likely N-dealkylation sites (tertiary alicyclic amines) is 1. The fourth-order valence-corrected chi connectivity index (χ4v) is 3.53. The number of methoxy groups -OCH3 is 1. The van der Waals surface area contributed by atoms with Crippen molar-refractivity contribution in [3.05, 3.63) is 29.8 Å². The highest BCUT2D eigenvalue weighted by Crippen LogP contribution is 2.21. The highest BCUT2D eigenvalue weighted by Gasteiger charge is 2.32. The smallest absolute Gasteiger partial charge is 0.253 e. The molecule has 0 bridgehead atoms. The van der Waals surface area contributed by atoms with E-state index in [1.54, 1.807) is 31.4 Å². The van der Waals surface area contributed by atoms with Gasteiger partial charge in [-0.15, -0.1) is 0 Å². The Labute approximate surface area is 143 Å². The van der Waals surface area contributed by atoms with E-state index in [2.05, 4.69) is 4.90 Å². The molecule has 6 nitrogen and oxygen atoms in total. The summed E-state index contributed by atoms with van der Waals surface area (Å²) in [5.74, 6) is 0.762. The van der Waals surface area contributed by atoms with Crippen molar-refractivity contribution in [3.8, 4) is 5.75 Å². The molecule has 2 heterocycles. The summed E-state index contributed by atoms with van der Waals surface area (Å²) in [7, 11) is 1.61. The SMILES string of the molecule is COc1ccc(C(=O)N2CC[C@H](O)[C@@H](N3CCOCC3)CC2)cc1. The van der Waals surface area contributed by atoms with Crippen LogP contribution < -0.4 is 4.74 Å². The minimum atomic E-state index is -0.392. The number of amides is 1. The number of hydrogen-bond donors (Lipinski definition) is 1. The van der Waals surface area contributed by atoms with Crippen LogP contribution in [-0.2, 0) is 4.74 Å². The van der Waals surface area contributed by atoms with Crippen LogP contribution in [-0.4, -0.2) is 79.5 Å². The highest BCUT2D eigenvalue weighted by atomic mass is 16.5. The van der Waals surface area contributed by atoms with Gasteiger partial charge in [0.25, 0.3) is 5.91 Å². The molecule has 0 radical (unpaired) electrons. The Balaban J connectivity index is 1.64. The van der Waals surface area contributed by atoms with Crippen LogP contribution >= 0.6 is 0 Å². The summed E-state index contributed by atoms with van der Waals surface area (Å²) in [6.07, 6.45) is 1.02. The largest absolute Gasteiger partial charge is 0.497 e. The van der Waals surface area contributed by atoms with Crippen LogP contribution in [0.2, 0.25) is 0 Å². The summed E-state index contributed by atoms with van der Waals surface area (Å²) in [6.45, 7) is 4.41. The molecule has 1 N–H and O–H groups in total. The molecular weight excluding hydrogens is 308 g/mol. The van der Waals surface area contributed by atoms with Crippen molar-refractivity contribution in [3.63, 3.8) is 0 Å². The molecule has 0 aliphatic carbocycles. The van der Waals surface area contributed by atoms with Gasteiger partial charge in [-0.2, -0.15) is 0 Å². The van der Waals surface area contributed by atoms with Crippen LogP contribution in [0.15, 0.2) is 24.3 Å². The second-order valence-electron chi connectivity index (χ2n) is 6.38. The van der Waals surface area contributed by atoms with Crippen LogP contribution in [0.5, 0.6) is 5.75 Å². The molecule has 2 saturated heterocycles. The monoisotopic (exact) mass is 334 g/mol. The molecule has 1 aromatic carbocycles. The van der Waals surface area contributed by atoms with Gasteiger partial charge in [-0.1, -0.05) is 0 Å². The van der Waals surface area contributed by atoms with Gasteiger partial charge in [-0.25, -0.2) is 0 Å². The molecule has 0 spiro atoms. The molecule has 2 aliphatic rings. The zero-order valence-electron chi connectivity index (χ0n) is 14.2. The lowest BCUT2D eigenvalue weighted by atomic mass is 10.0. The molecule has 6 heteroatoms. The van der Waals surface area contributed by atoms with E-state index in [1.807, 2.05) is 4.90 Å².